The molecular weight excluding hydrogens is 128 g/mol. The number of rotatable bonds is 0. The summed E-state index contributed by atoms with van der Waals surface area (Å²) in [6, 6.07) is -0.850. The maximum absolute atomic E-state index is 9.99. The fourth-order valence-electron chi connectivity index (χ4n) is 0.133. The van der Waals surface area contributed by atoms with E-state index in [0.29, 0.717) is 0 Å². The topological polar surface area (TPSA) is 91.3 Å². The van der Waals surface area contributed by atoms with Gasteiger partial charge in [-0.05, 0) is 12.2 Å². The van der Waals surface area contributed by atoms with E-state index in [-0.39, 0.29) is 5.11 Å². The van der Waals surface area contributed by atoms with E-state index in [2.05, 4.69) is 17.3 Å². The zero-order valence-electron chi connectivity index (χ0n) is 3.84. The zero-order valence-corrected chi connectivity index (χ0v) is 4.66. The molecule has 8 heavy (non-hydrogen) atoms. The lowest BCUT2D eigenvalue weighted by atomic mass is 11.0. The summed E-state index contributed by atoms with van der Waals surface area (Å²) >= 11 is 4.24. The number of urea groups is 1. The molecule has 0 aliphatic carbocycles. The van der Waals surface area contributed by atoms with E-state index in [1.165, 1.54) is 0 Å². The van der Waals surface area contributed by atoms with Crippen LogP contribution in [0.2, 0.25) is 0 Å². The predicted molar refractivity (Wildman–Crippen MR) is 30.5 cm³/mol. The number of amides is 2. The van der Waals surface area contributed by atoms with E-state index in [1.54, 1.807) is 0 Å². The van der Waals surface area contributed by atoms with Gasteiger partial charge in [0.15, 0.2) is 5.11 Å². The van der Waals surface area contributed by atoms with E-state index in [1.807, 2.05) is 5.32 Å². The van der Waals surface area contributed by atoms with Crippen LogP contribution >= 0.6 is 12.2 Å². The largest absolute Gasteiger partial charge is 0.376 e. The molecule has 0 rings (SSSR count). The Morgan fingerprint density at radius 1 is 1.88 bits per heavy atom. The zero-order chi connectivity index (χ0) is 6.57. The van der Waals surface area contributed by atoms with Gasteiger partial charge in [0.2, 0.25) is 0 Å². The Morgan fingerprint density at radius 2 is 2.38 bits per heavy atom. The smallest absolute Gasteiger partial charge is 0.365 e. The summed E-state index contributed by atoms with van der Waals surface area (Å²) in [5.41, 5.74) is 10.9. The molecule has 0 aliphatic heterocycles. The molecule has 44 valence electrons. The van der Waals surface area contributed by atoms with Crippen LogP contribution in [-0.2, 0) is 0 Å². The average molecular weight is 132 g/mol. The first-order chi connectivity index (χ1) is 3.66. The first kappa shape index (κ1) is 6.96. The fraction of sp³-hybridized carbons (Fsp3) is 0. The molecule has 0 aliphatic rings. The maximum atomic E-state index is 9.99. The summed E-state index contributed by atoms with van der Waals surface area (Å²) < 4.78 is 0. The van der Waals surface area contributed by atoms with Crippen LogP contribution in [-0.4, -0.2) is 11.1 Å². The summed E-state index contributed by atoms with van der Waals surface area (Å²) in [4.78, 5) is 9.99. The van der Waals surface area contributed by atoms with Crippen molar-refractivity contribution >= 4 is 23.4 Å². The van der Waals surface area contributed by atoms with Crippen molar-refractivity contribution < 1.29 is 4.79 Å². The van der Waals surface area contributed by atoms with Crippen LogP contribution < -0.4 is 11.1 Å². The van der Waals surface area contributed by atoms with Gasteiger partial charge < -0.3 is 5.73 Å². The van der Waals surface area contributed by atoms with Gasteiger partial charge in [0.25, 0.3) is 0 Å². The van der Waals surface area contributed by atoms with Crippen molar-refractivity contribution in [2.24, 2.45) is 10.8 Å². The van der Waals surface area contributed by atoms with Crippen LogP contribution in [0, 0.1) is 5.53 Å². The second-order valence-electron chi connectivity index (χ2n) is 0.906. The Bertz CT molecular complexity index is 132. The molecule has 0 fully saturated rings. The molecule has 4 N–H and O–H groups in total. The third kappa shape index (κ3) is 3.16. The minimum Gasteiger partial charge on any atom is -0.376 e. The summed E-state index contributed by atoms with van der Waals surface area (Å²) in [5.74, 6) is 0. The van der Waals surface area contributed by atoms with Crippen LogP contribution in [0.15, 0.2) is 5.11 Å². The molecule has 0 radical (unpaired) electrons. The molecule has 5 nitrogen and oxygen atoms in total. The molecule has 0 spiro atoms. The summed E-state index contributed by atoms with van der Waals surface area (Å²) in [6.45, 7) is 0. The third-order valence-corrected chi connectivity index (χ3v) is 0.434. The second kappa shape index (κ2) is 3.03. The SMILES string of the molecule is N=NC(=O)NC(N)=S. The standard InChI is InChI=1S/C2H4N4OS/c3-1(8)5-2(7)6-4/h4H,(H3,3,5,7,8). The van der Waals surface area contributed by atoms with Crippen molar-refractivity contribution in [2.45, 2.75) is 0 Å². The van der Waals surface area contributed by atoms with E-state index in [4.69, 9.17) is 11.3 Å². The Morgan fingerprint density at radius 3 is 2.50 bits per heavy atom. The van der Waals surface area contributed by atoms with Gasteiger partial charge >= 0.3 is 6.03 Å². The van der Waals surface area contributed by atoms with Crippen molar-refractivity contribution in [3.63, 3.8) is 0 Å². The van der Waals surface area contributed by atoms with Crippen molar-refractivity contribution in [2.75, 3.05) is 0 Å². The lowest BCUT2D eigenvalue weighted by molar-refractivity contribution is 0.251. The van der Waals surface area contributed by atoms with Crippen molar-refractivity contribution in [1.82, 2.24) is 5.32 Å². The minimum atomic E-state index is -0.850. The molecule has 0 bridgehead atoms. The Hall–Kier alpha value is -1.04. The van der Waals surface area contributed by atoms with Crippen molar-refractivity contribution in [3.05, 3.63) is 0 Å². The molecule has 0 aromatic carbocycles. The van der Waals surface area contributed by atoms with Gasteiger partial charge in [0.05, 0.1) is 0 Å². The van der Waals surface area contributed by atoms with Crippen LogP contribution in [0.1, 0.15) is 0 Å². The van der Waals surface area contributed by atoms with E-state index in [9.17, 15) is 4.79 Å². The third-order valence-electron chi connectivity index (χ3n) is 0.332. The number of hydrogen-bond acceptors (Lipinski definition) is 3. The molecule has 0 heterocycles. The summed E-state index contributed by atoms with van der Waals surface area (Å²) in [5, 5.41) is 4.19. The van der Waals surface area contributed by atoms with Crippen LogP contribution in [0.3, 0.4) is 0 Å². The molecule has 2 amide bonds. The highest BCUT2D eigenvalue weighted by Gasteiger charge is 1.93. The second-order valence-corrected chi connectivity index (χ2v) is 1.35. The number of carbonyl (C=O) groups excluding carboxylic acids is 1. The van der Waals surface area contributed by atoms with Gasteiger partial charge in [0.1, 0.15) is 0 Å². The average Bonchev–Trinajstić information content (AvgIpc) is 1.65. The van der Waals surface area contributed by atoms with Crippen LogP contribution in [0.5, 0.6) is 0 Å². The quantitative estimate of drug-likeness (QED) is 0.319. The molecule has 0 atom stereocenters. The Labute approximate surface area is 50.8 Å². The van der Waals surface area contributed by atoms with Crippen LogP contribution in [0.25, 0.3) is 0 Å². The number of carbonyl (C=O) groups is 1. The molecule has 0 aromatic heterocycles. The van der Waals surface area contributed by atoms with E-state index < -0.39 is 6.03 Å². The minimum absolute atomic E-state index is 0.175. The number of nitrogens with one attached hydrogen (secondary N) is 2. The van der Waals surface area contributed by atoms with E-state index in [0.717, 1.165) is 0 Å². The van der Waals surface area contributed by atoms with Gasteiger partial charge in [-0.3, -0.25) is 5.32 Å². The normalized spacial score (nSPS) is 7.50. The number of nitrogens with zero attached hydrogens (tertiary/aromatic N) is 1. The molecule has 6 heteroatoms. The lowest BCUT2D eigenvalue weighted by Gasteiger charge is -1.91. The van der Waals surface area contributed by atoms with Gasteiger partial charge in [-0.15, -0.1) is 0 Å². The number of thiocarbonyl (C=S) groups is 1. The van der Waals surface area contributed by atoms with Crippen LogP contribution in [0.4, 0.5) is 4.79 Å². The van der Waals surface area contributed by atoms with E-state index >= 15 is 0 Å². The maximum Gasteiger partial charge on any atom is 0.365 e. The monoisotopic (exact) mass is 132 g/mol. The predicted octanol–water partition coefficient (Wildman–Crippen LogP) is -0.0294. The summed E-state index contributed by atoms with van der Waals surface area (Å²) in [6.07, 6.45) is 0. The van der Waals surface area contributed by atoms with Gasteiger partial charge in [0, 0.05) is 0 Å². The molecular formula is C2H4N4OS. The van der Waals surface area contributed by atoms with Gasteiger partial charge in [-0.2, -0.15) is 5.53 Å². The highest BCUT2D eigenvalue weighted by molar-refractivity contribution is 7.80. The molecule has 0 saturated heterocycles. The van der Waals surface area contributed by atoms with Gasteiger partial charge in [-0.25, -0.2) is 4.79 Å². The van der Waals surface area contributed by atoms with Gasteiger partial charge in [-0.1, -0.05) is 5.11 Å². The van der Waals surface area contributed by atoms with Crippen molar-refractivity contribution in [1.29, 1.82) is 5.53 Å². The summed E-state index contributed by atoms with van der Waals surface area (Å²) in [7, 11) is 0. The molecule has 0 saturated carbocycles. The first-order valence-electron chi connectivity index (χ1n) is 1.64. The fourth-order valence-corrected chi connectivity index (χ4v) is 0.221. The highest BCUT2D eigenvalue weighted by Crippen LogP contribution is 1.68. The lowest BCUT2D eigenvalue weighted by Crippen LogP contribution is -2.32. The number of nitrogens with two attached hydrogens (primary N) is 1. The number of hydrogen-bond donors (Lipinski definition) is 3. The Kier molecular flexibility index (Phi) is 2.63. The first-order valence-corrected chi connectivity index (χ1v) is 2.05. The molecule has 0 unspecified atom stereocenters. The van der Waals surface area contributed by atoms with Crippen molar-refractivity contribution in [3.8, 4) is 0 Å². The Balaban J connectivity index is 3.55. The molecule has 0 aromatic rings. The highest BCUT2D eigenvalue weighted by atomic mass is 32.1.